The highest BCUT2D eigenvalue weighted by Gasteiger charge is 2.42. The summed E-state index contributed by atoms with van der Waals surface area (Å²) in [4.78, 5) is 0. The molecule has 0 bridgehead atoms. The molecule has 0 aromatic heterocycles. The molecule has 0 aliphatic rings. The van der Waals surface area contributed by atoms with E-state index in [0.29, 0.717) is 36.0 Å². The SMILES string of the molecule is CCO[Si](Cc1c(Cl)ccc(C)c1F)(OCC)OCC. The average molecular weight is 321 g/mol. The predicted molar refractivity (Wildman–Crippen MR) is 80.5 cm³/mol. The quantitative estimate of drug-likeness (QED) is 0.679. The summed E-state index contributed by atoms with van der Waals surface area (Å²) >= 11 is 6.12. The van der Waals surface area contributed by atoms with Crippen LogP contribution in [0.15, 0.2) is 12.1 Å². The van der Waals surface area contributed by atoms with Crippen molar-refractivity contribution in [2.45, 2.75) is 33.7 Å². The Morgan fingerprint density at radius 1 is 1.05 bits per heavy atom. The molecule has 0 aliphatic carbocycles. The number of halogens is 2. The molecule has 0 spiro atoms. The van der Waals surface area contributed by atoms with Gasteiger partial charge in [0.15, 0.2) is 0 Å². The Morgan fingerprint density at radius 2 is 1.55 bits per heavy atom. The first-order chi connectivity index (χ1) is 9.49. The minimum absolute atomic E-state index is 0.245. The van der Waals surface area contributed by atoms with Crippen molar-refractivity contribution < 1.29 is 17.7 Å². The van der Waals surface area contributed by atoms with E-state index in [-0.39, 0.29) is 11.9 Å². The van der Waals surface area contributed by atoms with Gasteiger partial charge in [0.25, 0.3) is 0 Å². The number of hydrogen-bond donors (Lipinski definition) is 0. The van der Waals surface area contributed by atoms with Crippen molar-refractivity contribution in [3.8, 4) is 0 Å². The van der Waals surface area contributed by atoms with Crippen LogP contribution in [0.3, 0.4) is 0 Å². The maximum atomic E-state index is 14.3. The lowest BCUT2D eigenvalue weighted by Crippen LogP contribution is -2.49. The van der Waals surface area contributed by atoms with Crippen molar-refractivity contribution in [3.63, 3.8) is 0 Å². The fourth-order valence-corrected chi connectivity index (χ4v) is 5.01. The van der Waals surface area contributed by atoms with Crippen LogP contribution in [0, 0.1) is 12.7 Å². The Labute approximate surface area is 126 Å². The second kappa shape index (κ2) is 8.10. The highest BCUT2D eigenvalue weighted by Crippen LogP contribution is 2.27. The van der Waals surface area contributed by atoms with Crippen LogP contribution in [0.4, 0.5) is 4.39 Å². The lowest BCUT2D eigenvalue weighted by atomic mass is 10.1. The molecule has 0 saturated carbocycles. The van der Waals surface area contributed by atoms with Crippen molar-refractivity contribution in [1.82, 2.24) is 0 Å². The van der Waals surface area contributed by atoms with E-state index >= 15 is 0 Å². The molecule has 114 valence electrons. The summed E-state index contributed by atoms with van der Waals surface area (Å²) in [7, 11) is -2.95. The lowest BCUT2D eigenvalue weighted by molar-refractivity contribution is 0.0701. The largest absolute Gasteiger partial charge is 0.505 e. The molecular formula is C14H22ClFO3Si. The molecule has 1 aromatic rings. The fraction of sp³-hybridized carbons (Fsp3) is 0.571. The van der Waals surface area contributed by atoms with E-state index in [1.165, 1.54) is 0 Å². The fourth-order valence-electron chi connectivity index (χ4n) is 2.03. The number of benzene rings is 1. The normalized spacial score (nSPS) is 11.9. The Hall–Kier alpha value is -0.463. The van der Waals surface area contributed by atoms with E-state index in [0.717, 1.165) is 0 Å². The third-order valence-electron chi connectivity index (χ3n) is 2.87. The first kappa shape index (κ1) is 17.6. The van der Waals surface area contributed by atoms with Crippen molar-refractivity contribution in [3.05, 3.63) is 34.1 Å². The summed E-state index contributed by atoms with van der Waals surface area (Å²) < 4.78 is 31.5. The summed E-state index contributed by atoms with van der Waals surface area (Å²) in [6, 6.07) is 3.60. The first-order valence-corrected chi connectivity index (χ1v) is 9.16. The van der Waals surface area contributed by atoms with Gasteiger partial charge in [0.05, 0.1) is 0 Å². The molecule has 0 atom stereocenters. The van der Waals surface area contributed by atoms with E-state index in [9.17, 15) is 4.39 Å². The van der Waals surface area contributed by atoms with Crippen LogP contribution in [0.1, 0.15) is 31.9 Å². The zero-order valence-corrected chi connectivity index (χ0v) is 14.2. The maximum absolute atomic E-state index is 14.3. The van der Waals surface area contributed by atoms with Crippen LogP contribution in [-0.2, 0) is 19.3 Å². The standard InChI is InChI=1S/C14H22ClFO3Si/c1-5-17-20(18-6-2,19-7-3)10-12-13(15)9-8-11(4)14(12)16/h8-9H,5-7,10H2,1-4H3. The minimum atomic E-state index is -2.95. The molecule has 3 nitrogen and oxygen atoms in total. The molecule has 0 radical (unpaired) electrons. The van der Waals surface area contributed by atoms with Gasteiger partial charge in [-0.15, -0.1) is 0 Å². The Balaban J connectivity index is 3.14. The highest BCUT2D eigenvalue weighted by molar-refractivity contribution is 6.60. The average Bonchev–Trinajstić information content (AvgIpc) is 2.40. The van der Waals surface area contributed by atoms with E-state index < -0.39 is 8.80 Å². The Kier molecular flexibility index (Phi) is 7.12. The molecule has 0 saturated heterocycles. The van der Waals surface area contributed by atoms with Crippen LogP contribution in [0.25, 0.3) is 0 Å². The van der Waals surface area contributed by atoms with Crippen molar-refractivity contribution in [2.75, 3.05) is 19.8 Å². The van der Waals surface area contributed by atoms with Crippen LogP contribution in [-0.4, -0.2) is 28.6 Å². The van der Waals surface area contributed by atoms with Gasteiger partial charge in [0.1, 0.15) is 5.82 Å². The Morgan fingerprint density at radius 3 is 2.00 bits per heavy atom. The van der Waals surface area contributed by atoms with Gasteiger partial charge < -0.3 is 13.3 Å². The summed E-state index contributed by atoms with van der Waals surface area (Å²) in [6.45, 7) is 8.68. The molecule has 0 aliphatic heterocycles. The maximum Gasteiger partial charge on any atom is 0.505 e. The van der Waals surface area contributed by atoms with Gasteiger partial charge in [-0.25, -0.2) is 4.39 Å². The summed E-state index contributed by atoms with van der Waals surface area (Å²) in [5, 5.41) is 0.379. The third-order valence-corrected chi connectivity index (χ3v) is 6.19. The second-order valence-electron chi connectivity index (χ2n) is 4.32. The Bertz CT molecular complexity index is 426. The molecule has 0 fully saturated rings. The van der Waals surface area contributed by atoms with Crippen molar-refractivity contribution >= 4 is 20.4 Å². The molecule has 0 N–H and O–H groups in total. The highest BCUT2D eigenvalue weighted by atomic mass is 35.5. The molecule has 20 heavy (non-hydrogen) atoms. The number of rotatable bonds is 8. The van der Waals surface area contributed by atoms with E-state index in [4.69, 9.17) is 24.9 Å². The van der Waals surface area contributed by atoms with E-state index in [1.807, 2.05) is 20.8 Å². The van der Waals surface area contributed by atoms with Gasteiger partial charge in [-0.05, 0) is 39.3 Å². The van der Waals surface area contributed by atoms with Crippen molar-refractivity contribution in [1.29, 1.82) is 0 Å². The summed E-state index contributed by atoms with van der Waals surface area (Å²) in [6.07, 6.45) is 0. The smallest absolute Gasteiger partial charge is 0.374 e. The number of aryl methyl sites for hydroxylation is 1. The van der Waals surface area contributed by atoms with Crippen LogP contribution in [0.5, 0.6) is 0 Å². The molecule has 1 aromatic carbocycles. The van der Waals surface area contributed by atoms with Gasteiger partial charge in [0.2, 0.25) is 0 Å². The van der Waals surface area contributed by atoms with Crippen molar-refractivity contribution in [2.24, 2.45) is 0 Å². The summed E-state index contributed by atoms with van der Waals surface area (Å²) in [5.41, 5.74) is 0.963. The second-order valence-corrected chi connectivity index (χ2v) is 7.31. The topological polar surface area (TPSA) is 27.7 Å². The molecular weight excluding hydrogens is 299 g/mol. The van der Waals surface area contributed by atoms with Crippen LogP contribution < -0.4 is 0 Å². The molecule has 0 heterocycles. The molecule has 6 heteroatoms. The predicted octanol–water partition coefficient (Wildman–Crippen LogP) is 3.92. The van der Waals surface area contributed by atoms with Gasteiger partial charge in [-0.2, -0.15) is 0 Å². The van der Waals surface area contributed by atoms with E-state index in [1.54, 1.807) is 19.1 Å². The van der Waals surface area contributed by atoms with Gasteiger partial charge in [-0.1, -0.05) is 17.7 Å². The van der Waals surface area contributed by atoms with Gasteiger partial charge >= 0.3 is 8.80 Å². The van der Waals surface area contributed by atoms with Gasteiger partial charge in [-0.3, -0.25) is 0 Å². The zero-order valence-electron chi connectivity index (χ0n) is 12.5. The van der Waals surface area contributed by atoms with Gasteiger partial charge in [0, 0.05) is 36.5 Å². The van der Waals surface area contributed by atoms with Crippen LogP contribution >= 0.6 is 11.6 Å². The molecule has 1 rings (SSSR count). The summed E-state index contributed by atoms with van der Waals surface area (Å²) in [5.74, 6) is -0.312. The molecule has 0 unspecified atom stereocenters. The van der Waals surface area contributed by atoms with Crippen LogP contribution in [0.2, 0.25) is 5.02 Å². The van der Waals surface area contributed by atoms with E-state index in [2.05, 4.69) is 0 Å². The minimum Gasteiger partial charge on any atom is -0.374 e. The monoisotopic (exact) mass is 320 g/mol. The number of hydrogen-bond acceptors (Lipinski definition) is 3. The zero-order chi connectivity index (χ0) is 15.2. The molecule has 0 amide bonds. The first-order valence-electron chi connectivity index (χ1n) is 6.85. The third kappa shape index (κ3) is 4.26. The lowest BCUT2D eigenvalue weighted by Gasteiger charge is -2.29.